The highest BCUT2D eigenvalue weighted by Gasteiger charge is 1.97. The Hall–Kier alpha value is -0.390. The Morgan fingerprint density at radius 3 is 3.00 bits per heavy atom. The number of hydrazone groups is 1. The summed E-state index contributed by atoms with van der Waals surface area (Å²) in [6.45, 7) is 1.96. The van der Waals surface area contributed by atoms with E-state index in [0.29, 0.717) is 4.32 Å². The molecule has 70 valence electrons. The van der Waals surface area contributed by atoms with Crippen LogP contribution in [0.5, 0.6) is 0 Å². The van der Waals surface area contributed by atoms with Crippen molar-refractivity contribution < 1.29 is 0 Å². The van der Waals surface area contributed by atoms with Gasteiger partial charge in [0.25, 0.3) is 0 Å². The Morgan fingerprint density at radius 1 is 1.69 bits per heavy atom. The predicted molar refractivity (Wildman–Crippen MR) is 65.8 cm³/mol. The molecule has 0 aromatic carbocycles. The predicted octanol–water partition coefficient (Wildman–Crippen LogP) is 2.71. The van der Waals surface area contributed by atoms with Gasteiger partial charge in [-0.15, -0.1) is 11.3 Å². The molecule has 0 fully saturated rings. The number of thiophene rings is 1. The van der Waals surface area contributed by atoms with Crippen LogP contribution in [0.15, 0.2) is 22.6 Å². The number of rotatable bonds is 2. The van der Waals surface area contributed by atoms with Gasteiger partial charge < -0.3 is 0 Å². The molecule has 0 aliphatic rings. The number of nitrogens with zero attached hydrogens (tertiary/aromatic N) is 1. The van der Waals surface area contributed by atoms with Gasteiger partial charge in [0.05, 0.1) is 5.71 Å². The zero-order valence-corrected chi connectivity index (χ0v) is 9.85. The standard InChI is InChI=1S/C8H10N2S3/c1-6(7-4-3-5-13-7)9-10-8(11)12-2/h3-5H,1-2H3,(H,10,11)/b9-6+. The molecule has 0 amide bonds. The van der Waals surface area contributed by atoms with Gasteiger partial charge in [0.2, 0.25) is 0 Å². The van der Waals surface area contributed by atoms with E-state index in [0.717, 1.165) is 10.6 Å². The maximum atomic E-state index is 4.95. The van der Waals surface area contributed by atoms with E-state index >= 15 is 0 Å². The van der Waals surface area contributed by atoms with E-state index in [1.165, 1.54) is 11.8 Å². The minimum Gasteiger partial charge on any atom is -0.262 e. The zero-order chi connectivity index (χ0) is 9.68. The molecule has 1 aromatic heterocycles. The van der Waals surface area contributed by atoms with Crippen molar-refractivity contribution in [2.75, 3.05) is 6.26 Å². The van der Waals surface area contributed by atoms with E-state index in [9.17, 15) is 0 Å². The second kappa shape index (κ2) is 5.36. The largest absolute Gasteiger partial charge is 0.262 e. The van der Waals surface area contributed by atoms with E-state index in [1.54, 1.807) is 11.3 Å². The molecule has 0 spiro atoms. The van der Waals surface area contributed by atoms with Gasteiger partial charge in [0, 0.05) is 4.88 Å². The van der Waals surface area contributed by atoms with Crippen LogP contribution in [-0.4, -0.2) is 16.3 Å². The van der Waals surface area contributed by atoms with Crippen LogP contribution >= 0.6 is 35.3 Å². The molecule has 1 heterocycles. The van der Waals surface area contributed by atoms with Crippen molar-refractivity contribution in [3.8, 4) is 0 Å². The van der Waals surface area contributed by atoms with Crippen LogP contribution in [0.2, 0.25) is 0 Å². The van der Waals surface area contributed by atoms with Crippen LogP contribution in [0.4, 0.5) is 0 Å². The lowest BCUT2D eigenvalue weighted by Crippen LogP contribution is -2.12. The molecule has 0 radical (unpaired) electrons. The molecule has 0 unspecified atom stereocenters. The van der Waals surface area contributed by atoms with Crippen molar-refractivity contribution in [2.24, 2.45) is 5.10 Å². The van der Waals surface area contributed by atoms with E-state index in [-0.39, 0.29) is 0 Å². The molecule has 1 rings (SSSR count). The van der Waals surface area contributed by atoms with Gasteiger partial charge in [0.15, 0.2) is 4.32 Å². The SMILES string of the molecule is CSC(=S)N/N=C(\C)c1cccs1. The van der Waals surface area contributed by atoms with Gasteiger partial charge in [-0.05, 0) is 24.6 Å². The Kier molecular flexibility index (Phi) is 4.41. The van der Waals surface area contributed by atoms with Crippen molar-refractivity contribution in [3.63, 3.8) is 0 Å². The van der Waals surface area contributed by atoms with E-state index < -0.39 is 0 Å². The number of hydrogen-bond donors (Lipinski definition) is 1. The molecule has 5 heteroatoms. The highest BCUT2D eigenvalue weighted by molar-refractivity contribution is 8.22. The Bertz CT molecular complexity index is 303. The fourth-order valence-electron chi connectivity index (χ4n) is 0.715. The third-order valence-electron chi connectivity index (χ3n) is 1.38. The lowest BCUT2D eigenvalue weighted by atomic mass is 10.3. The molecule has 2 nitrogen and oxygen atoms in total. The highest BCUT2D eigenvalue weighted by atomic mass is 32.2. The van der Waals surface area contributed by atoms with Gasteiger partial charge in [-0.3, -0.25) is 5.43 Å². The van der Waals surface area contributed by atoms with Crippen molar-refractivity contribution in [2.45, 2.75) is 6.92 Å². The van der Waals surface area contributed by atoms with E-state index in [4.69, 9.17) is 12.2 Å². The molecule has 0 saturated carbocycles. The molecule has 0 bridgehead atoms. The van der Waals surface area contributed by atoms with Gasteiger partial charge >= 0.3 is 0 Å². The third-order valence-corrected chi connectivity index (χ3v) is 3.41. The molecule has 0 saturated heterocycles. The first-order valence-corrected chi connectivity index (χ1v) is 6.17. The Morgan fingerprint density at radius 2 is 2.46 bits per heavy atom. The molecular formula is C8H10N2S3. The monoisotopic (exact) mass is 230 g/mol. The normalized spacial score (nSPS) is 11.4. The van der Waals surface area contributed by atoms with E-state index in [2.05, 4.69) is 10.5 Å². The molecular weight excluding hydrogens is 220 g/mol. The summed E-state index contributed by atoms with van der Waals surface area (Å²) in [5.41, 5.74) is 3.77. The van der Waals surface area contributed by atoms with Crippen molar-refractivity contribution in [1.29, 1.82) is 0 Å². The van der Waals surface area contributed by atoms with Crippen LogP contribution in [0.3, 0.4) is 0 Å². The van der Waals surface area contributed by atoms with E-state index in [1.807, 2.05) is 30.7 Å². The number of thioether (sulfide) groups is 1. The third kappa shape index (κ3) is 3.46. The number of hydrogen-bond acceptors (Lipinski definition) is 4. The molecule has 0 aliphatic carbocycles. The first-order chi connectivity index (χ1) is 6.24. The maximum Gasteiger partial charge on any atom is 0.153 e. The summed E-state index contributed by atoms with van der Waals surface area (Å²) in [7, 11) is 0. The molecule has 0 atom stereocenters. The van der Waals surface area contributed by atoms with Crippen molar-refractivity contribution >= 4 is 45.3 Å². The summed E-state index contributed by atoms with van der Waals surface area (Å²) in [6, 6.07) is 4.04. The summed E-state index contributed by atoms with van der Waals surface area (Å²) in [5.74, 6) is 0. The molecule has 1 aromatic rings. The summed E-state index contributed by atoms with van der Waals surface area (Å²) in [5, 5.41) is 6.18. The Labute approximate surface area is 91.4 Å². The fourth-order valence-corrected chi connectivity index (χ4v) is 1.57. The second-order valence-electron chi connectivity index (χ2n) is 2.28. The van der Waals surface area contributed by atoms with Crippen molar-refractivity contribution in [3.05, 3.63) is 22.4 Å². The van der Waals surface area contributed by atoms with Gasteiger partial charge in [0.1, 0.15) is 0 Å². The minimum absolute atomic E-state index is 0.691. The second-order valence-corrected chi connectivity index (χ2v) is 4.71. The lowest BCUT2D eigenvalue weighted by Gasteiger charge is -1.99. The van der Waals surface area contributed by atoms with Gasteiger partial charge in [-0.25, -0.2) is 0 Å². The first kappa shape index (κ1) is 10.7. The highest BCUT2D eigenvalue weighted by Crippen LogP contribution is 2.09. The van der Waals surface area contributed by atoms with Crippen LogP contribution in [0, 0.1) is 0 Å². The summed E-state index contributed by atoms with van der Waals surface area (Å²) < 4.78 is 0.691. The van der Waals surface area contributed by atoms with Crippen LogP contribution < -0.4 is 5.43 Å². The first-order valence-electron chi connectivity index (χ1n) is 3.66. The van der Waals surface area contributed by atoms with Crippen LogP contribution in [-0.2, 0) is 0 Å². The topological polar surface area (TPSA) is 24.4 Å². The van der Waals surface area contributed by atoms with Crippen LogP contribution in [0.1, 0.15) is 11.8 Å². The number of nitrogens with one attached hydrogen (secondary N) is 1. The maximum absolute atomic E-state index is 4.95. The summed E-state index contributed by atoms with van der Waals surface area (Å²) in [6.07, 6.45) is 1.92. The quantitative estimate of drug-likeness (QED) is 0.480. The lowest BCUT2D eigenvalue weighted by molar-refractivity contribution is 1.06. The molecule has 0 aliphatic heterocycles. The van der Waals surface area contributed by atoms with Crippen molar-refractivity contribution in [1.82, 2.24) is 5.43 Å². The minimum atomic E-state index is 0.691. The average molecular weight is 230 g/mol. The van der Waals surface area contributed by atoms with Gasteiger partial charge in [-0.2, -0.15) is 5.10 Å². The van der Waals surface area contributed by atoms with Crippen LogP contribution in [0.25, 0.3) is 0 Å². The van der Waals surface area contributed by atoms with Gasteiger partial charge in [-0.1, -0.05) is 30.0 Å². The average Bonchev–Trinajstić information content (AvgIpc) is 2.66. The zero-order valence-electron chi connectivity index (χ0n) is 7.40. The molecule has 1 N–H and O–H groups in total. The Balaban J connectivity index is 2.57. The molecule has 13 heavy (non-hydrogen) atoms. The number of thiocarbonyl (C=S) groups is 1. The fraction of sp³-hybridized carbons (Fsp3) is 0.250. The summed E-state index contributed by atoms with van der Waals surface area (Å²) >= 11 is 8.10. The summed E-state index contributed by atoms with van der Waals surface area (Å²) in [4.78, 5) is 1.16. The smallest absolute Gasteiger partial charge is 0.153 e.